The number of aryl methyl sites for hydroxylation is 2. The highest BCUT2D eigenvalue weighted by molar-refractivity contribution is 5.95. The summed E-state index contributed by atoms with van der Waals surface area (Å²) in [6.45, 7) is 1.42. The fraction of sp³-hybridized carbons (Fsp3) is 0.292. The fourth-order valence-electron chi connectivity index (χ4n) is 3.35. The lowest BCUT2D eigenvalue weighted by Crippen LogP contribution is -2.35. The highest BCUT2D eigenvalue weighted by Crippen LogP contribution is 2.19. The quantitative estimate of drug-likeness (QED) is 0.437. The minimum atomic E-state index is -0.510. The Kier molecular flexibility index (Phi) is 7.81. The van der Waals surface area contributed by atoms with Gasteiger partial charge in [-0.3, -0.25) is 14.4 Å². The Hall–Kier alpha value is -3.61. The molecule has 3 aromatic rings. The van der Waals surface area contributed by atoms with Gasteiger partial charge in [0.1, 0.15) is 0 Å². The molecule has 0 fully saturated rings. The van der Waals surface area contributed by atoms with Crippen LogP contribution < -0.4 is 10.6 Å². The number of esters is 1. The predicted molar refractivity (Wildman–Crippen MR) is 120 cm³/mol. The van der Waals surface area contributed by atoms with Crippen molar-refractivity contribution in [3.63, 3.8) is 0 Å². The summed E-state index contributed by atoms with van der Waals surface area (Å²) >= 11 is 0. The first-order valence-corrected chi connectivity index (χ1v) is 10.4. The summed E-state index contributed by atoms with van der Waals surface area (Å²) in [6, 6.07) is 15.5. The molecular weight excluding hydrogens is 394 g/mol. The van der Waals surface area contributed by atoms with Gasteiger partial charge in [-0.25, -0.2) is 0 Å². The molecule has 2 aromatic carbocycles. The Morgan fingerprint density at radius 2 is 1.74 bits per heavy atom. The smallest absolute Gasteiger partial charge is 0.306 e. The van der Waals surface area contributed by atoms with Crippen molar-refractivity contribution in [2.24, 2.45) is 0 Å². The van der Waals surface area contributed by atoms with Crippen molar-refractivity contribution >= 4 is 34.4 Å². The maximum absolute atomic E-state index is 12.0. The molecule has 7 nitrogen and oxygen atoms in total. The van der Waals surface area contributed by atoms with Crippen molar-refractivity contribution in [3.05, 3.63) is 65.9 Å². The van der Waals surface area contributed by atoms with Crippen LogP contribution in [0.15, 0.2) is 54.7 Å². The van der Waals surface area contributed by atoms with Gasteiger partial charge in [-0.05, 0) is 42.5 Å². The van der Waals surface area contributed by atoms with Crippen LogP contribution in [0.25, 0.3) is 10.9 Å². The van der Waals surface area contributed by atoms with E-state index in [2.05, 4.69) is 15.6 Å². The Morgan fingerprint density at radius 1 is 0.968 bits per heavy atom. The number of nitrogens with one attached hydrogen (secondary N) is 3. The van der Waals surface area contributed by atoms with Crippen LogP contribution in [0.4, 0.5) is 5.69 Å². The van der Waals surface area contributed by atoms with E-state index in [9.17, 15) is 14.4 Å². The van der Waals surface area contributed by atoms with Crippen LogP contribution >= 0.6 is 0 Å². The standard InChI is InChI=1S/C24H27N3O4/c1-2-17-8-3-5-11-20(17)27-22(28)15-26-23(29)16-31-24(30)13-7-9-18-14-25-21-12-6-4-10-19(18)21/h3-6,8,10-12,14,25H,2,7,9,13,15-16H2,1H3,(H,26,29)(H,27,28). The Bertz CT molecular complexity index is 1060. The first-order valence-electron chi connectivity index (χ1n) is 10.4. The number of aromatic amines is 1. The third kappa shape index (κ3) is 6.44. The second-order valence-electron chi connectivity index (χ2n) is 7.21. The monoisotopic (exact) mass is 421 g/mol. The van der Waals surface area contributed by atoms with Crippen molar-refractivity contribution in [2.75, 3.05) is 18.5 Å². The highest BCUT2D eigenvalue weighted by atomic mass is 16.5. The number of carbonyl (C=O) groups is 3. The maximum atomic E-state index is 12.0. The number of fused-ring (bicyclic) bond motifs is 1. The number of hydrogen-bond acceptors (Lipinski definition) is 4. The van der Waals surface area contributed by atoms with E-state index in [0.29, 0.717) is 6.42 Å². The lowest BCUT2D eigenvalue weighted by molar-refractivity contribution is -0.148. The maximum Gasteiger partial charge on any atom is 0.306 e. The molecule has 0 saturated carbocycles. The van der Waals surface area contributed by atoms with E-state index in [1.165, 1.54) is 0 Å². The van der Waals surface area contributed by atoms with Crippen LogP contribution in [0.1, 0.15) is 30.9 Å². The second kappa shape index (κ2) is 11.0. The van der Waals surface area contributed by atoms with Crippen LogP contribution in [0.5, 0.6) is 0 Å². The molecule has 1 aromatic heterocycles. The summed E-state index contributed by atoms with van der Waals surface area (Å²) in [5, 5.41) is 6.38. The molecule has 2 amide bonds. The molecular formula is C24H27N3O4. The zero-order valence-electron chi connectivity index (χ0n) is 17.6. The molecule has 0 spiro atoms. The van der Waals surface area contributed by atoms with Gasteiger partial charge in [-0.2, -0.15) is 0 Å². The van der Waals surface area contributed by atoms with Gasteiger partial charge in [0.05, 0.1) is 6.54 Å². The van der Waals surface area contributed by atoms with Gasteiger partial charge in [0.2, 0.25) is 5.91 Å². The number of ether oxygens (including phenoxy) is 1. The van der Waals surface area contributed by atoms with Gasteiger partial charge in [-0.1, -0.05) is 43.3 Å². The van der Waals surface area contributed by atoms with Gasteiger partial charge in [0, 0.05) is 29.2 Å². The van der Waals surface area contributed by atoms with Gasteiger partial charge in [-0.15, -0.1) is 0 Å². The summed E-state index contributed by atoms with van der Waals surface area (Å²) in [5.41, 5.74) is 3.96. The average Bonchev–Trinajstić information content (AvgIpc) is 3.20. The number of benzene rings is 2. The van der Waals surface area contributed by atoms with Crippen LogP contribution in [0.2, 0.25) is 0 Å². The summed E-state index contributed by atoms with van der Waals surface area (Å²) in [4.78, 5) is 39.0. The van der Waals surface area contributed by atoms with E-state index < -0.39 is 18.5 Å². The van der Waals surface area contributed by atoms with E-state index in [0.717, 1.165) is 40.6 Å². The molecule has 1 heterocycles. The van der Waals surface area contributed by atoms with E-state index in [1.807, 2.05) is 61.7 Å². The molecule has 0 aliphatic rings. The molecule has 0 aliphatic heterocycles. The van der Waals surface area contributed by atoms with E-state index in [4.69, 9.17) is 4.74 Å². The zero-order valence-corrected chi connectivity index (χ0v) is 17.6. The summed E-state index contributed by atoms with van der Waals surface area (Å²) in [6.07, 6.45) is 4.33. The SMILES string of the molecule is CCc1ccccc1NC(=O)CNC(=O)COC(=O)CCCc1c[nH]c2ccccc12. The molecule has 0 bridgehead atoms. The number of rotatable bonds is 10. The van der Waals surface area contributed by atoms with E-state index in [1.54, 1.807) is 0 Å². The van der Waals surface area contributed by atoms with Crippen LogP contribution in [0.3, 0.4) is 0 Å². The normalized spacial score (nSPS) is 10.6. The molecule has 3 rings (SSSR count). The van der Waals surface area contributed by atoms with Crippen LogP contribution in [-0.4, -0.2) is 35.9 Å². The summed E-state index contributed by atoms with van der Waals surface area (Å²) in [7, 11) is 0. The number of amides is 2. The number of H-pyrrole nitrogens is 1. The number of para-hydroxylation sites is 2. The van der Waals surface area contributed by atoms with E-state index >= 15 is 0 Å². The second-order valence-corrected chi connectivity index (χ2v) is 7.21. The van der Waals surface area contributed by atoms with Gasteiger partial charge in [0.15, 0.2) is 6.61 Å². The lowest BCUT2D eigenvalue weighted by Gasteiger charge is -2.10. The van der Waals surface area contributed by atoms with Crippen molar-refractivity contribution < 1.29 is 19.1 Å². The number of hydrogen-bond donors (Lipinski definition) is 3. The molecule has 0 saturated heterocycles. The number of anilines is 1. The van der Waals surface area contributed by atoms with Crippen molar-refractivity contribution in [3.8, 4) is 0 Å². The van der Waals surface area contributed by atoms with Gasteiger partial charge in [0.25, 0.3) is 5.91 Å². The predicted octanol–water partition coefficient (Wildman–Crippen LogP) is 3.35. The Labute approximate surface area is 181 Å². The highest BCUT2D eigenvalue weighted by Gasteiger charge is 2.11. The van der Waals surface area contributed by atoms with Crippen LogP contribution in [0, 0.1) is 0 Å². The van der Waals surface area contributed by atoms with Gasteiger partial charge >= 0.3 is 5.97 Å². The fourth-order valence-corrected chi connectivity index (χ4v) is 3.35. The van der Waals surface area contributed by atoms with Crippen LogP contribution in [-0.2, 0) is 32.0 Å². The topological polar surface area (TPSA) is 100 Å². The lowest BCUT2D eigenvalue weighted by atomic mass is 10.1. The molecule has 0 atom stereocenters. The first kappa shape index (κ1) is 22.1. The van der Waals surface area contributed by atoms with E-state index in [-0.39, 0.29) is 18.9 Å². The minimum Gasteiger partial charge on any atom is -0.456 e. The number of carbonyl (C=O) groups excluding carboxylic acids is 3. The average molecular weight is 421 g/mol. The van der Waals surface area contributed by atoms with Crippen molar-refractivity contribution in [1.82, 2.24) is 10.3 Å². The third-order valence-corrected chi connectivity index (χ3v) is 4.98. The molecule has 162 valence electrons. The largest absolute Gasteiger partial charge is 0.456 e. The molecule has 0 radical (unpaired) electrons. The Balaban J connectivity index is 1.32. The number of aromatic nitrogens is 1. The molecule has 31 heavy (non-hydrogen) atoms. The molecule has 3 N–H and O–H groups in total. The van der Waals surface area contributed by atoms with Gasteiger partial charge < -0.3 is 20.4 Å². The Morgan fingerprint density at radius 3 is 2.58 bits per heavy atom. The first-order chi connectivity index (χ1) is 15.1. The van der Waals surface area contributed by atoms with Crippen molar-refractivity contribution in [1.29, 1.82) is 0 Å². The van der Waals surface area contributed by atoms with Crippen molar-refractivity contribution in [2.45, 2.75) is 32.6 Å². The third-order valence-electron chi connectivity index (χ3n) is 4.98. The summed E-state index contributed by atoms with van der Waals surface area (Å²) < 4.78 is 5.01. The molecule has 7 heteroatoms. The zero-order chi connectivity index (χ0) is 22.1. The molecule has 0 unspecified atom stereocenters. The molecule has 0 aliphatic carbocycles. The summed E-state index contributed by atoms with van der Waals surface area (Å²) in [5.74, 6) is -1.28. The minimum absolute atomic E-state index is 0.186.